The zero-order valence-electron chi connectivity index (χ0n) is 13.9. The number of hydrogen-bond donors (Lipinski definition) is 1. The molecule has 0 aliphatic heterocycles. The van der Waals surface area contributed by atoms with E-state index in [0.717, 1.165) is 5.56 Å². The maximum absolute atomic E-state index is 12.3. The Balaban J connectivity index is 2.06. The van der Waals surface area contributed by atoms with Crippen molar-refractivity contribution in [1.29, 1.82) is 0 Å². The summed E-state index contributed by atoms with van der Waals surface area (Å²) >= 11 is 0. The van der Waals surface area contributed by atoms with Gasteiger partial charge in [-0.25, -0.2) is 5.43 Å². The summed E-state index contributed by atoms with van der Waals surface area (Å²) < 4.78 is 11.0. The van der Waals surface area contributed by atoms with Gasteiger partial charge < -0.3 is 9.47 Å². The molecule has 0 saturated heterocycles. The van der Waals surface area contributed by atoms with Gasteiger partial charge in [0, 0.05) is 5.56 Å². The summed E-state index contributed by atoms with van der Waals surface area (Å²) in [6.45, 7) is 7.93. The first-order chi connectivity index (χ1) is 12.3. The first kappa shape index (κ1) is 18.0. The number of amides is 1. The molecule has 2 aromatic rings. The SMILES string of the molecule is C=CCOc1ccccc1/C=N/NC(=O)c1ccccc1OCC=C. The highest BCUT2D eigenvalue weighted by Crippen LogP contribution is 2.18. The van der Waals surface area contributed by atoms with Crippen LogP contribution in [0.4, 0.5) is 0 Å². The Morgan fingerprint density at radius 2 is 1.56 bits per heavy atom. The van der Waals surface area contributed by atoms with Crippen LogP contribution in [0.5, 0.6) is 11.5 Å². The number of hydrazone groups is 1. The molecule has 0 radical (unpaired) electrons. The Kier molecular flexibility index (Phi) is 7.00. The minimum atomic E-state index is -0.361. The number of nitrogens with one attached hydrogen (secondary N) is 1. The molecule has 5 heteroatoms. The van der Waals surface area contributed by atoms with Crippen molar-refractivity contribution in [2.75, 3.05) is 13.2 Å². The number of rotatable bonds is 9. The van der Waals surface area contributed by atoms with Gasteiger partial charge in [0.05, 0.1) is 11.8 Å². The third kappa shape index (κ3) is 5.35. The smallest absolute Gasteiger partial charge is 0.275 e. The Labute approximate surface area is 147 Å². The Morgan fingerprint density at radius 3 is 2.28 bits per heavy atom. The van der Waals surface area contributed by atoms with Crippen molar-refractivity contribution in [3.63, 3.8) is 0 Å². The number of nitrogens with zero attached hydrogens (tertiary/aromatic N) is 1. The lowest BCUT2D eigenvalue weighted by Crippen LogP contribution is -2.18. The van der Waals surface area contributed by atoms with E-state index < -0.39 is 0 Å². The van der Waals surface area contributed by atoms with Gasteiger partial charge in [-0.2, -0.15) is 5.10 Å². The van der Waals surface area contributed by atoms with Crippen molar-refractivity contribution >= 4 is 12.1 Å². The molecule has 25 heavy (non-hydrogen) atoms. The third-order valence-electron chi connectivity index (χ3n) is 3.13. The van der Waals surface area contributed by atoms with E-state index in [-0.39, 0.29) is 5.91 Å². The summed E-state index contributed by atoms with van der Waals surface area (Å²) in [5.74, 6) is 0.778. The van der Waals surface area contributed by atoms with Gasteiger partial charge in [-0.1, -0.05) is 49.6 Å². The van der Waals surface area contributed by atoms with Gasteiger partial charge in [0.2, 0.25) is 0 Å². The quantitative estimate of drug-likeness (QED) is 0.432. The molecule has 1 N–H and O–H groups in total. The summed E-state index contributed by atoms with van der Waals surface area (Å²) in [7, 11) is 0. The van der Waals surface area contributed by atoms with Gasteiger partial charge in [-0.3, -0.25) is 4.79 Å². The van der Waals surface area contributed by atoms with Crippen molar-refractivity contribution in [3.05, 3.63) is 85.0 Å². The third-order valence-corrected chi connectivity index (χ3v) is 3.13. The van der Waals surface area contributed by atoms with Crippen LogP contribution in [-0.2, 0) is 0 Å². The van der Waals surface area contributed by atoms with Gasteiger partial charge >= 0.3 is 0 Å². The van der Waals surface area contributed by atoms with Gasteiger partial charge in [0.1, 0.15) is 24.7 Å². The molecule has 0 unspecified atom stereocenters. The highest BCUT2D eigenvalue weighted by molar-refractivity contribution is 5.97. The van der Waals surface area contributed by atoms with E-state index in [1.807, 2.05) is 24.3 Å². The standard InChI is InChI=1S/C20H20N2O3/c1-3-13-24-18-11-7-5-9-16(18)15-21-22-20(23)17-10-6-8-12-19(17)25-14-4-2/h3-12,15H,1-2,13-14H2,(H,22,23)/b21-15+. The molecule has 2 aromatic carbocycles. The van der Waals surface area contributed by atoms with Crippen molar-refractivity contribution in [2.45, 2.75) is 0 Å². The highest BCUT2D eigenvalue weighted by Gasteiger charge is 2.11. The Morgan fingerprint density at radius 1 is 0.960 bits per heavy atom. The Hall–Kier alpha value is -3.34. The van der Waals surface area contributed by atoms with Crippen LogP contribution in [0.25, 0.3) is 0 Å². The van der Waals surface area contributed by atoms with E-state index in [2.05, 4.69) is 23.7 Å². The number of ether oxygens (including phenoxy) is 2. The van der Waals surface area contributed by atoms with E-state index in [1.54, 1.807) is 36.4 Å². The van der Waals surface area contributed by atoms with Crippen LogP contribution in [0, 0.1) is 0 Å². The van der Waals surface area contributed by atoms with E-state index >= 15 is 0 Å². The topological polar surface area (TPSA) is 59.9 Å². The molecule has 128 valence electrons. The average molecular weight is 336 g/mol. The average Bonchev–Trinajstić information content (AvgIpc) is 2.65. The summed E-state index contributed by atoms with van der Waals surface area (Å²) in [5, 5.41) is 4.00. The second kappa shape index (κ2) is 9.72. The van der Waals surface area contributed by atoms with Crippen LogP contribution >= 0.6 is 0 Å². The number of carbonyl (C=O) groups is 1. The van der Waals surface area contributed by atoms with Crippen molar-refractivity contribution in [1.82, 2.24) is 5.43 Å². The van der Waals surface area contributed by atoms with E-state index in [0.29, 0.717) is 30.3 Å². The largest absolute Gasteiger partial charge is 0.489 e. The van der Waals surface area contributed by atoms with Crippen LogP contribution in [0.1, 0.15) is 15.9 Å². The van der Waals surface area contributed by atoms with Crippen LogP contribution in [-0.4, -0.2) is 25.3 Å². The second-order valence-corrected chi connectivity index (χ2v) is 4.93. The summed E-state index contributed by atoms with van der Waals surface area (Å²) in [5.41, 5.74) is 3.65. The molecule has 0 aliphatic rings. The van der Waals surface area contributed by atoms with Crippen molar-refractivity contribution in [3.8, 4) is 11.5 Å². The number of hydrogen-bond acceptors (Lipinski definition) is 4. The van der Waals surface area contributed by atoms with Gasteiger partial charge in [-0.05, 0) is 24.3 Å². The molecule has 0 fully saturated rings. The molecular weight excluding hydrogens is 316 g/mol. The maximum Gasteiger partial charge on any atom is 0.275 e. The fourth-order valence-corrected chi connectivity index (χ4v) is 2.02. The fourth-order valence-electron chi connectivity index (χ4n) is 2.02. The zero-order valence-corrected chi connectivity index (χ0v) is 13.9. The van der Waals surface area contributed by atoms with E-state index in [9.17, 15) is 4.79 Å². The summed E-state index contributed by atoms with van der Waals surface area (Å²) in [6, 6.07) is 14.3. The normalized spacial score (nSPS) is 10.2. The van der Waals surface area contributed by atoms with Crippen LogP contribution in [0.3, 0.4) is 0 Å². The van der Waals surface area contributed by atoms with Crippen molar-refractivity contribution in [2.24, 2.45) is 5.10 Å². The fraction of sp³-hybridized carbons (Fsp3) is 0.100. The number of para-hydroxylation sites is 2. The minimum Gasteiger partial charge on any atom is -0.489 e. The number of benzene rings is 2. The molecule has 5 nitrogen and oxygen atoms in total. The van der Waals surface area contributed by atoms with Gasteiger partial charge in [0.25, 0.3) is 5.91 Å². The predicted molar refractivity (Wildman–Crippen MR) is 99.3 cm³/mol. The van der Waals surface area contributed by atoms with Crippen molar-refractivity contribution < 1.29 is 14.3 Å². The molecule has 1 amide bonds. The van der Waals surface area contributed by atoms with E-state index in [4.69, 9.17) is 9.47 Å². The molecule has 0 aliphatic carbocycles. The molecule has 0 spiro atoms. The lowest BCUT2D eigenvalue weighted by Gasteiger charge is -2.09. The first-order valence-electron chi connectivity index (χ1n) is 7.75. The molecular formula is C20H20N2O3. The maximum atomic E-state index is 12.3. The van der Waals surface area contributed by atoms with Crippen LogP contribution in [0.2, 0.25) is 0 Å². The van der Waals surface area contributed by atoms with Crippen LogP contribution < -0.4 is 14.9 Å². The van der Waals surface area contributed by atoms with Gasteiger partial charge in [0.15, 0.2) is 0 Å². The molecule has 0 bridgehead atoms. The highest BCUT2D eigenvalue weighted by atomic mass is 16.5. The summed E-state index contributed by atoms with van der Waals surface area (Å²) in [6.07, 6.45) is 4.81. The summed E-state index contributed by atoms with van der Waals surface area (Å²) in [4.78, 5) is 12.3. The predicted octanol–water partition coefficient (Wildman–Crippen LogP) is 3.58. The molecule has 2 rings (SSSR count). The van der Waals surface area contributed by atoms with Gasteiger partial charge in [-0.15, -0.1) is 0 Å². The Bertz CT molecular complexity index is 769. The molecule has 0 saturated carbocycles. The molecule has 0 aromatic heterocycles. The first-order valence-corrected chi connectivity index (χ1v) is 7.75. The zero-order chi connectivity index (χ0) is 17.9. The lowest BCUT2D eigenvalue weighted by molar-refractivity contribution is 0.0951. The molecule has 0 atom stereocenters. The minimum absolute atomic E-state index is 0.321. The monoisotopic (exact) mass is 336 g/mol. The lowest BCUT2D eigenvalue weighted by atomic mass is 10.2. The van der Waals surface area contributed by atoms with Crippen LogP contribution in [0.15, 0.2) is 78.9 Å². The second-order valence-electron chi connectivity index (χ2n) is 4.93. The van der Waals surface area contributed by atoms with E-state index in [1.165, 1.54) is 6.21 Å². The molecule has 0 heterocycles. The number of carbonyl (C=O) groups excluding carboxylic acids is 1.